The van der Waals surface area contributed by atoms with Gasteiger partial charge in [-0.05, 0) is 30.0 Å². The molecule has 0 bridgehead atoms. The van der Waals surface area contributed by atoms with Crippen LogP contribution in [-0.4, -0.2) is 11.5 Å². The lowest BCUT2D eigenvalue weighted by molar-refractivity contribution is -0.383. The number of nitrogens with one attached hydrogen (secondary N) is 1. The van der Waals surface area contributed by atoms with Crippen molar-refractivity contribution in [3.8, 4) is 0 Å². The molecule has 0 fully saturated rings. The molecule has 0 heterocycles. The first-order chi connectivity index (χ1) is 10.1. The van der Waals surface area contributed by atoms with Gasteiger partial charge in [0.1, 0.15) is 10.7 Å². The van der Waals surface area contributed by atoms with Crippen LogP contribution >= 0.6 is 11.6 Å². The van der Waals surface area contributed by atoms with E-state index in [4.69, 9.17) is 11.6 Å². The summed E-state index contributed by atoms with van der Waals surface area (Å²) in [5, 5.41) is 14.3. The molecule has 2 aromatic carbocycles. The van der Waals surface area contributed by atoms with Gasteiger partial charge in [0, 0.05) is 6.54 Å². The monoisotopic (exact) mass is 304 g/mol. The molecule has 110 valence electrons. The molecule has 1 unspecified atom stereocenters. The first-order valence-electron chi connectivity index (χ1n) is 6.81. The van der Waals surface area contributed by atoms with E-state index >= 15 is 0 Å². The summed E-state index contributed by atoms with van der Waals surface area (Å²) < 4.78 is 0. The Bertz CT molecular complexity index is 617. The molecule has 2 aromatic rings. The van der Waals surface area contributed by atoms with E-state index in [0.717, 1.165) is 6.42 Å². The van der Waals surface area contributed by atoms with Gasteiger partial charge in [0.15, 0.2) is 0 Å². The number of benzene rings is 2. The average Bonchev–Trinajstić information content (AvgIpc) is 2.47. The summed E-state index contributed by atoms with van der Waals surface area (Å²) in [5.41, 5.74) is 1.67. The minimum absolute atomic E-state index is 0.0634. The van der Waals surface area contributed by atoms with Crippen molar-refractivity contribution in [1.82, 2.24) is 0 Å². The number of para-hydroxylation sites is 1. The van der Waals surface area contributed by atoms with Crippen LogP contribution in [0.2, 0.25) is 5.02 Å². The van der Waals surface area contributed by atoms with E-state index in [9.17, 15) is 10.1 Å². The summed E-state index contributed by atoms with van der Waals surface area (Å²) in [6.07, 6.45) is 0.883. The molecule has 5 heteroatoms. The molecule has 0 aliphatic carbocycles. The van der Waals surface area contributed by atoms with Crippen molar-refractivity contribution in [3.63, 3.8) is 0 Å². The first-order valence-corrected chi connectivity index (χ1v) is 7.19. The summed E-state index contributed by atoms with van der Waals surface area (Å²) in [4.78, 5) is 10.6. The largest absolute Gasteiger partial charge is 0.379 e. The van der Waals surface area contributed by atoms with Gasteiger partial charge in [-0.1, -0.05) is 54.9 Å². The molecule has 21 heavy (non-hydrogen) atoms. The molecular weight excluding hydrogens is 288 g/mol. The van der Waals surface area contributed by atoms with Gasteiger partial charge in [-0.15, -0.1) is 0 Å². The van der Waals surface area contributed by atoms with Crippen LogP contribution in [0.4, 0.5) is 11.4 Å². The highest BCUT2D eigenvalue weighted by Crippen LogP contribution is 2.32. The van der Waals surface area contributed by atoms with Crippen molar-refractivity contribution in [2.24, 2.45) is 0 Å². The number of hydrogen-bond acceptors (Lipinski definition) is 3. The summed E-state index contributed by atoms with van der Waals surface area (Å²) >= 11 is 5.88. The van der Waals surface area contributed by atoms with E-state index in [2.05, 4.69) is 24.4 Å². The van der Waals surface area contributed by atoms with Gasteiger partial charge in [-0.3, -0.25) is 10.1 Å². The molecule has 0 amide bonds. The van der Waals surface area contributed by atoms with Crippen LogP contribution in [0.15, 0.2) is 48.5 Å². The minimum atomic E-state index is -0.453. The number of hydrogen-bond donors (Lipinski definition) is 1. The Morgan fingerprint density at radius 1 is 1.19 bits per heavy atom. The Balaban J connectivity index is 1.98. The summed E-state index contributed by atoms with van der Waals surface area (Å²) in [6.45, 7) is 2.79. The van der Waals surface area contributed by atoms with Gasteiger partial charge >= 0.3 is 5.69 Å². The first kappa shape index (κ1) is 15.3. The Morgan fingerprint density at radius 2 is 1.90 bits per heavy atom. The number of halogens is 1. The lowest BCUT2D eigenvalue weighted by atomic mass is 9.98. The molecule has 0 aliphatic rings. The highest BCUT2D eigenvalue weighted by atomic mass is 35.5. The predicted octanol–water partition coefficient (Wildman–Crippen LogP) is 4.85. The van der Waals surface area contributed by atoms with Gasteiger partial charge in [-0.2, -0.15) is 0 Å². The molecule has 1 atom stereocenters. The molecule has 0 saturated heterocycles. The van der Waals surface area contributed by atoms with Crippen molar-refractivity contribution in [1.29, 1.82) is 0 Å². The Kier molecular flexibility index (Phi) is 5.17. The fourth-order valence-electron chi connectivity index (χ4n) is 2.22. The smallest absolute Gasteiger partial charge is 0.310 e. The molecule has 0 spiro atoms. The molecule has 0 aliphatic heterocycles. The quantitative estimate of drug-likeness (QED) is 0.613. The van der Waals surface area contributed by atoms with E-state index in [0.29, 0.717) is 18.2 Å². The molecule has 0 radical (unpaired) electrons. The van der Waals surface area contributed by atoms with Gasteiger partial charge < -0.3 is 5.32 Å². The van der Waals surface area contributed by atoms with Gasteiger partial charge in [0.2, 0.25) is 0 Å². The molecule has 4 nitrogen and oxygen atoms in total. The van der Waals surface area contributed by atoms with Crippen molar-refractivity contribution in [2.45, 2.75) is 19.3 Å². The minimum Gasteiger partial charge on any atom is -0.379 e. The zero-order valence-electron chi connectivity index (χ0n) is 11.8. The van der Waals surface area contributed by atoms with Crippen molar-refractivity contribution >= 4 is 23.0 Å². The number of nitrogens with zero attached hydrogens (tertiary/aromatic N) is 1. The molecular formula is C16H17ClN2O2. The van der Waals surface area contributed by atoms with Crippen LogP contribution in [0.1, 0.15) is 24.8 Å². The summed E-state index contributed by atoms with van der Waals surface area (Å²) in [5.74, 6) is 0.386. The van der Waals surface area contributed by atoms with Crippen LogP contribution in [-0.2, 0) is 0 Å². The highest BCUT2D eigenvalue weighted by Gasteiger charge is 2.18. The maximum Gasteiger partial charge on any atom is 0.310 e. The predicted molar refractivity (Wildman–Crippen MR) is 86.1 cm³/mol. The molecule has 0 aromatic heterocycles. The third kappa shape index (κ3) is 3.95. The van der Waals surface area contributed by atoms with Crippen LogP contribution in [0, 0.1) is 10.1 Å². The van der Waals surface area contributed by atoms with E-state index in [1.807, 2.05) is 18.2 Å². The fraction of sp³-hybridized carbons (Fsp3) is 0.250. The van der Waals surface area contributed by atoms with Crippen LogP contribution < -0.4 is 5.32 Å². The maximum atomic E-state index is 11.0. The van der Waals surface area contributed by atoms with Crippen molar-refractivity contribution in [3.05, 3.63) is 69.2 Å². The highest BCUT2D eigenvalue weighted by molar-refractivity contribution is 6.33. The average molecular weight is 305 g/mol. The zero-order chi connectivity index (χ0) is 15.2. The second kappa shape index (κ2) is 7.09. The third-order valence-electron chi connectivity index (χ3n) is 3.43. The summed E-state index contributed by atoms with van der Waals surface area (Å²) in [6, 6.07) is 15.1. The second-order valence-corrected chi connectivity index (χ2v) is 5.33. The number of anilines is 1. The Hall–Kier alpha value is -2.07. The molecule has 2 rings (SSSR count). The lowest BCUT2D eigenvalue weighted by Gasteiger charge is -2.13. The fourth-order valence-corrected chi connectivity index (χ4v) is 2.46. The van der Waals surface area contributed by atoms with Crippen LogP contribution in [0.25, 0.3) is 0 Å². The Morgan fingerprint density at radius 3 is 2.57 bits per heavy atom. The topological polar surface area (TPSA) is 55.2 Å². The maximum absolute atomic E-state index is 11.0. The van der Waals surface area contributed by atoms with Crippen molar-refractivity contribution < 1.29 is 4.92 Å². The molecule has 1 N–H and O–H groups in total. The standard InChI is InChI=1S/C16H17ClN2O2/c1-12(13-6-3-2-4-7-13)10-11-18-15-9-5-8-14(17)16(15)19(20)21/h2-9,12,18H,10-11H2,1H3. The van der Waals surface area contributed by atoms with Crippen molar-refractivity contribution in [2.75, 3.05) is 11.9 Å². The van der Waals surface area contributed by atoms with Gasteiger partial charge in [0.05, 0.1) is 4.92 Å². The Labute approximate surface area is 128 Å². The SMILES string of the molecule is CC(CCNc1cccc(Cl)c1[N+](=O)[O-])c1ccccc1. The van der Waals surface area contributed by atoms with E-state index in [1.165, 1.54) is 11.6 Å². The van der Waals surface area contributed by atoms with Crippen LogP contribution in [0.3, 0.4) is 0 Å². The van der Waals surface area contributed by atoms with E-state index < -0.39 is 4.92 Å². The number of nitro groups is 1. The van der Waals surface area contributed by atoms with E-state index in [-0.39, 0.29) is 10.7 Å². The lowest BCUT2D eigenvalue weighted by Crippen LogP contribution is -2.07. The number of nitro benzene ring substituents is 1. The number of rotatable bonds is 6. The molecule has 0 saturated carbocycles. The van der Waals surface area contributed by atoms with E-state index in [1.54, 1.807) is 12.1 Å². The normalized spacial score (nSPS) is 11.9. The summed E-state index contributed by atoms with van der Waals surface area (Å²) in [7, 11) is 0. The third-order valence-corrected chi connectivity index (χ3v) is 3.74. The zero-order valence-corrected chi connectivity index (χ0v) is 12.5. The van der Waals surface area contributed by atoms with Gasteiger partial charge in [-0.25, -0.2) is 0 Å². The second-order valence-electron chi connectivity index (χ2n) is 4.92. The van der Waals surface area contributed by atoms with Gasteiger partial charge in [0.25, 0.3) is 0 Å². The van der Waals surface area contributed by atoms with Crippen LogP contribution in [0.5, 0.6) is 0 Å².